The van der Waals surface area contributed by atoms with E-state index in [9.17, 15) is 4.79 Å². The number of hydrogen-bond acceptors (Lipinski definition) is 2. The molecule has 0 aliphatic heterocycles. The number of rotatable bonds is 10. The van der Waals surface area contributed by atoms with Gasteiger partial charge in [-0.1, -0.05) is 33.6 Å². The van der Waals surface area contributed by atoms with Gasteiger partial charge in [-0.05, 0) is 25.6 Å². The van der Waals surface area contributed by atoms with Crippen molar-refractivity contribution in [1.82, 2.24) is 4.90 Å². The van der Waals surface area contributed by atoms with E-state index in [4.69, 9.17) is 9.59 Å². The van der Waals surface area contributed by atoms with E-state index in [-0.39, 0.29) is 32.0 Å². The summed E-state index contributed by atoms with van der Waals surface area (Å²) in [5, 5.41) is 0. The molecule has 0 aromatic rings. The van der Waals surface area contributed by atoms with Crippen LogP contribution in [-0.4, -0.2) is 51.5 Å². The molecular weight excluding hydrogens is 361 g/mol. The van der Waals surface area contributed by atoms with Gasteiger partial charge in [0.2, 0.25) is 0 Å². The Bertz CT molecular complexity index is 267. The minimum Gasteiger partial charge on any atom is -0.542 e. The van der Waals surface area contributed by atoms with E-state index in [1.165, 1.54) is 12.8 Å². The summed E-state index contributed by atoms with van der Waals surface area (Å²) in [5.41, 5.74) is 0. The van der Waals surface area contributed by atoms with E-state index in [0.29, 0.717) is 18.9 Å². The largest absolute Gasteiger partial charge is 2.00 e. The quantitative estimate of drug-likeness (QED) is 0.248. The molecule has 1 unspecified atom stereocenters. The van der Waals surface area contributed by atoms with Crippen molar-refractivity contribution in [2.45, 2.75) is 72.8 Å². The van der Waals surface area contributed by atoms with Gasteiger partial charge in [0.1, 0.15) is 0 Å². The van der Waals surface area contributed by atoms with Crippen molar-refractivity contribution >= 4 is 17.9 Å². The van der Waals surface area contributed by atoms with Gasteiger partial charge in [0.15, 0.2) is 6.42 Å². The fraction of sp³-hybridized carbons (Fsp3) is 0.812. The standard InChI is InChI=1S/C11H22NO.C5H8O2.Pd/c1-4-7-8-11(9-10-13)12(5-2)6-3;1-4(6)3-5(2)7;/h11H,4-9H2,1-3H3;3H2,1-2H3;/q-1;;+2/p+2. The summed E-state index contributed by atoms with van der Waals surface area (Å²) in [4.78, 5) is 29.6. The molecular formula is C16H32NO3Pd+3. The smallest absolute Gasteiger partial charge is 0.542 e. The summed E-state index contributed by atoms with van der Waals surface area (Å²) in [6.07, 6.45) is 6.46. The Kier molecular flexibility index (Phi) is 21.5. The Labute approximate surface area is 143 Å². The third kappa shape index (κ3) is 17.6. The zero-order valence-corrected chi connectivity index (χ0v) is 15.6. The molecule has 0 spiro atoms. The summed E-state index contributed by atoms with van der Waals surface area (Å²) in [6.45, 7) is 11.7. The Morgan fingerprint density at radius 3 is 1.81 bits per heavy atom. The van der Waals surface area contributed by atoms with Gasteiger partial charge in [-0.3, -0.25) is 15.9 Å². The van der Waals surface area contributed by atoms with Crippen LogP contribution in [0.3, 0.4) is 0 Å². The molecule has 2 N–H and O–H groups in total. The average molecular weight is 393 g/mol. The first-order valence-corrected chi connectivity index (χ1v) is 7.54. The first kappa shape index (κ1) is 25.6. The molecule has 0 saturated heterocycles. The van der Waals surface area contributed by atoms with Crippen LogP contribution in [0.4, 0.5) is 0 Å². The van der Waals surface area contributed by atoms with Gasteiger partial charge in [-0.25, -0.2) is 0 Å². The van der Waals surface area contributed by atoms with Crippen LogP contribution < -0.4 is 0 Å². The Balaban J connectivity index is -0.000000347. The van der Waals surface area contributed by atoms with E-state index in [2.05, 4.69) is 25.7 Å². The average Bonchev–Trinajstić information content (AvgIpc) is 2.36. The van der Waals surface area contributed by atoms with E-state index in [1.807, 2.05) is 6.29 Å². The Morgan fingerprint density at radius 1 is 1.10 bits per heavy atom. The maximum absolute atomic E-state index is 10.4. The minimum atomic E-state index is 0. The molecule has 21 heavy (non-hydrogen) atoms. The van der Waals surface area contributed by atoms with Crippen molar-refractivity contribution in [1.29, 1.82) is 0 Å². The van der Waals surface area contributed by atoms with E-state index < -0.39 is 0 Å². The molecule has 0 aromatic heterocycles. The molecule has 1 atom stereocenters. The SMILES string of the molecule is CC(=[OH+])CC(C)=[OH+].CCCCC(C[C-]=O)N(CC)CC.[Pd+2]. The van der Waals surface area contributed by atoms with E-state index >= 15 is 0 Å². The predicted molar refractivity (Wildman–Crippen MR) is 86.4 cm³/mol. The van der Waals surface area contributed by atoms with Gasteiger partial charge in [0, 0.05) is 13.8 Å². The number of hydrogen-bond donors (Lipinski definition) is 0. The summed E-state index contributed by atoms with van der Waals surface area (Å²) < 4.78 is 0. The van der Waals surface area contributed by atoms with Gasteiger partial charge in [0.05, 0.1) is 0 Å². The summed E-state index contributed by atoms with van der Waals surface area (Å²) in [5.74, 6) is 0.500. The molecule has 0 aromatic carbocycles. The molecule has 0 amide bonds. The summed E-state index contributed by atoms with van der Waals surface area (Å²) >= 11 is 0. The number of unbranched alkanes of at least 4 members (excludes halogenated alkanes) is 1. The van der Waals surface area contributed by atoms with Gasteiger partial charge in [0.25, 0.3) is 0 Å². The van der Waals surface area contributed by atoms with Crippen molar-refractivity contribution in [3.05, 3.63) is 0 Å². The topological polar surface area (TPSA) is 63.1 Å². The van der Waals surface area contributed by atoms with Crippen LogP contribution in [0.1, 0.15) is 66.7 Å². The maximum atomic E-state index is 10.4. The maximum Gasteiger partial charge on any atom is 2.00 e. The van der Waals surface area contributed by atoms with Crippen LogP contribution in [0, 0.1) is 0 Å². The summed E-state index contributed by atoms with van der Waals surface area (Å²) in [6, 6.07) is 0.424. The first-order valence-electron chi connectivity index (χ1n) is 7.54. The Hall–Kier alpha value is -0.368. The van der Waals surface area contributed by atoms with Gasteiger partial charge in [-0.2, -0.15) is 0 Å². The van der Waals surface area contributed by atoms with Gasteiger partial charge >= 0.3 is 32.0 Å². The van der Waals surface area contributed by atoms with Crippen molar-refractivity contribution in [3.63, 3.8) is 0 Å². The molecule has 0 aliphatic carbocycles. The van der Waals surface area contributed by atoms with Crippen LogP contribution in [0.2, 0.25) is 0 Å². The molecule has 0 aliphatic rings. The molecule has 0 heterocycles. The normalized spacial score (nSPS) is 11.0. The Morgan fingerprint density at radius 2 is 1.57 bits per heavy atom. The second kappa shape index (κ2) is 17.7. The van der Waals surface area contributed by atoms with Crippen molar-refractivity contribution in [2.75, 3.05) is 13.1 Å². The second-order valence-corrected chi connectivity index (χ2v) is 5.01. The van der Waals surface area contributed by atoms with Crippen molar-refractivity contribution < 1.29 is 34.8 Å². The number of carbonyl (C=O) groups excluding carboxylic acids is 3. The first-order chi connectivity index (χ1) is 9.42. The van der Waals surface area contributed by atoms with E-state index in [0.717, 1.165) is 19.5 Å². The molecule has 126 valence electrons. The van der Waals surface area contributed by atoms with Crippen LogP contribution in [0.25, 0.3) is 0 Å². The molecule has 0 fully saturated rings. The predicted octanol–water partition coefficient (Wildman–Crippen LogP) is 2.89. The zero-order valence-electron chi connectivity index (χ0n) is 14.1. The fourth-order valence-electron chi connectivity index (χ4n) is 2.06. The molecule has 0 radical (unpaired) electrons. The van der Waals surface area contributed by atoms with Crippen LogP contribution in [0.5, 0.6) is 0 Å². The third-order valence-electron chi connectivity index (χ3n) is 3.05. The minimum absolute atomic E-state index is 0. The molecule has 4 nitrogen and oxygen atoms in total. The monoisotopic (exact) mass is 392 g/mol. The van der Waals surface area contributed by atoms with Crippen molar-refractivity contribution in [2.24, 2.45) is 0 Å². The fourth-order valence-corrected chi connectivity index (χ4v) is 2.06. The third-order valence-corrected chi connectivity index (χ3v) is 3.05. The molecule has 0 saturated carbocycles. The zero-order chi connectivity index (χ0) is 16.0. The molecule has 5 heteroatoms. The van der Waals surface area contributed by atoms with Gasteiger partial charge in [-0.15, -0.1) is 6.42 Å². The number of ketones is 2. The summed E-state index contributed by atoms with van der Waals surface area (Å²) in [7, 11) is 0. The molecule has 0 rings (SSSR count). The van der Waals surface area contributed by atoms with Crippen LogP contribution in [-0.2, 0) is 25.2 Å². The number of nitrogens with zero attached hydrogens (tertiary/aromatic N) is 1. The van der Waals surface area contributed by atoms with E-state index in [1.54, 1.807) is 13.8 Å². The second-order valence-electron chi connectivity index (χ2n) is 5.01. The van der Waals surface area contributed by atoms with Crippen LogP contribution in [0.15, 0.2) is 0 Å². The molecule has 0 bridgehead atoms. The van der Waals surface area contributed by atoms with Crippen LogP contribution >= 0.6 is 0 Å². The van der Waals surface area contributed by atoms with Gasteiger partial charge < -0.3 is 9.69 Å². The van der Waals surface area contributed by atoms with Crippen molar-refractivity contribution in [3.8, 4) is 0 Å².